The predicted octanol–water partition coefficient (Wildman–Crippen LogP) is 4.11. The monoisotopic (exact) mass is 357 g/mol. The number of aromatic nitrogens is 1. The molecule has 1 aromatic heterocycles. The van der Waals surface area contributed by atoms with Crippen LogP contribution in [0.25, 0.3) is 11.3 Å². The highest BCUT2D eigenvalue weighted by atomic mass is 32.1. The van der Waals surface area contributed by atoms with E-state index in [0.717, 1.165) is 29.4 Å². The van der Waals surface area contributed by atoms with Gasteiger partial charge in [-0.1, -0.05) is 36.8 Å². The van der Waals surface area contributed by atoms with Crippen molar-refractivity contribution in [2.45, 2.75) is 45.6 Å². The van der Waals surface area contributed by atoms with Crippen LogP contribution < -0.4 is 5.32 Å². The largest absolute Gasteiger partial charge is 0.349 e. The fraction of sp³-hybridized carbons (Fsp3) is 0.500. The number of likely N-dealkylation sites (tertiary alicyclic amines) is 1. The van der Waals surface area contributed by atoms with Crippen LogP contribution in [0, 0.1) is 6.92 Å². The molecule has 0 bridgehead atoms. The first kappa shape index (κ1) is 18.1. The lowest BCUT2D eigenvalue weighted by molar-refractivity contribution is 0.0800. The number of nitrogens with zero attached hydrogens (tertiary/aromatic N) is 2. The molecule has 1 aliphatic rings. The Labute approximate surface area is 154 Å². The normalized spacial score (nSPS) is 16.0. The summed E-state index contributed by atoms with van der Waals surface area (Å²) in [5.74, 6) is -0.0189. The summed E-state index contributed by atoms with van der Waals surface area (Å²) < 4.78 is 0. The highest BCUT2D eigenvalue weighted by Gasteiger charge is 2.29. The zero-order chi connectivity index (χ0) is 17.9. The number of rotatable bonds is 5. The molecule has 1 saturated heterocycles. The van der Waals surface area contributed by atoms with Gasteiger partial charge >= 0.3 is 0 Å². The Balaban J connectivity index is 1.71. The van der Waals surface area contributed by atoms with E-state index in [9.17, 15) is 4.79 Å². The lowest BCUT2D eigenvalue weighted by Gasteiger charge is -2.41. The standard InChI is InChI=1S/C20H27N3OS/c1-15-22-17(16-10-6-4-7-11-16)18(25-15)19(24)21-14-20(2,3)23-12-8-5-9-13-23/h4,6-7,10-11H,5,8-9,12-14H2,1-3H3,(H,21,24). The molecular weight excluding hydrogens is 330 g/mol. The number of thiazole rings is 1. The van der Waals surface area contributed by atoms with Crippen LogP contribution in [0.3, 0.4) is 0 Å². The van der Waals surface area contributed by atoms with Gasteiger partial charge in [-0.3, -0.25) is 9.69 Å². The van der Waals surface area contributed by atoms with Gasteiger partial charge in [-0.25, -0.2) is 4.98 Å². The minimum Gasteiger partial charge on any atom is -0.349 e. The molecule has 0 aliphatic carbocycles. The van der Waals surface area contributed by atoms with E-state index < -0.39 is 0 Å². The number of piperidine rings is 1. The Morgan fingerprint density at radius 2 is 1.88 bits per heavy atom. The molecule has 3 rings (SSSR count). The zero-order valence-corrected chi connectivity index (χ0v) is 16.2. The summed E-state index contributed by atoms with van der Waals surface area (Å²) in [6, 6.07) is 9.94. The van der Waals surface area contributed by atoms with Gasteiger partial charge in [-0.2, -0.15) is 0 Å². The molecule has 1 N–H and O–H groups in total. The molecule has 0 unspecified atom stereocenters. The van der Waals surface area contributed by atoms with Gasteiger partial charge < -0.3 is 5.32 Å². The van der Waals surface area contributed by atoms with Crippen molar-refractivity contribution >= 4 is 17.2 Å². The molecule has 1 fully saturated rings. The second-order valence-corrected chi connectivity index (χ2v) is 8.52. The van der Waals surface area contributed by atoms with Crippen molar-refractivity contribution in [1.29, 1.82) is 0 Å². The molecular formula is C20H27N3OS. The molecule has 2 heterocycles. The van der Waals surface area contributed by atoms with Crippen LogP contribution in [0.2, 0.25) is 0 Å². The third kappa shape index (κ3) is 4.28. The van der Waals surface area contributed by atoms with Crippen molar-refractivity contribution in [2.24, 2.45) is 0 Å². The molecule has 0 atom stereocenters. The van der Waals surface area contributed by atoms with Crippen LogP contribution in [-0.2, 0) is 0 Å². The molecule has 2 aromatic rings. The van der Waals surface area contributed by atoms with Crippen molar-refractivity contribution in [1.82, 2.24) is 15.2 Å². The summed E-state index contributed by atoms with van der Waals surface area (Å²) in [6.07, 6.45) is 3.83. The Morgan fingerprint density at radius 3 is 2.56 bits per heavy atom. The molecule has 0 saturated carbocycles. The van der Waals surface area contributed by atoms with E-state index in [1.165, 1.54) is 30.6 Å². The van der Waals surface area contributed by atoms with Crippen molar-refractivity contribution in [3.05, 3.63) is 40.2 Å². The highest BCUT2D eigenvalue weighted by molar-refractivity contribution is 7.14. The number of hydrogen-bond acceptors (Lipinski definition) is 4. The third-order valence-electron chi connectivity index (χ3n) is 4.88. The molecule has 0 radical (unpaired) electrons. The number of carbonyl (C=O) groups is 1. The van der Waals surface area contributed by atoms with Gasteiger partial charge in [0.25, 0.3) is 5.91 Å². The third-order valence-corrected chi connectivity index (χ3v) is 5.85. The summed E-state index contributed by atoms with van der Waals surface area (Å²) in [4.78, 5) is 20.6. The van der Waals surface area contributed by atoms with Crippen molar-refractivity contribution in [3.63, 3.8) is 0 Å². The van der Waals surface area contributed by atoms with Gasteiger partial charge in [-0.05, 0) is 46.7 Å². The van der Waals surface area contributed by atoms with Gasteiger partial charge in [-0.15, -0.1) is 11.3 Å². The minimum atomic E-state index is -0.0251. The van der Waals surface area contributed by atoms with Crippen LogP contribution in [0.5, 0.6) is 0 Å². The quantitative estimate of drug-likeness (QED) is 0.876. The van der Waals surface area contributed by atoms with Gasteiger partial charge in [0.1, 0.15) is 4.88 Å². The molecule has 0 spiro atoms. The lowest BCUT2D eigenvalue weighted by Crippen LogP contribution is -2.53. The molecule has 1 amide bonds. The van der Waals surface area contributed by atoms with Gasteiger partial charge in [0.05, 0.1) is 10.7 Å². The summed E-state index contributed by atoms with van der Waals surface area (Å²) in [5.41, 5.74) is 1.76. The molecule has 4 nitrogen and oxygen atoms in total. The first-order valence-corrected chi connectivity index (χ1v) is 9.85. The van der Waals surface area contributed by atoms with E-state index in [1.54, 1.807) is 0 Å². The van der Waals surface area contributed by atoms with Crippen LogP contribution in [0.4, 0.5) is 0 Å². The summed E-state index contributed by atoms with van der Waals surface area (Å²) in [6.45, 7) is 9.28. The van der Waals surface area contributed by atoms with Crippen LogP contribution in [-0.4, -0.2) is 41.0 Å². The zero-order valence-electron chi connectivity index (χ0n) is 15.3. The first-order chi connectivity index (χ1) is 12.0. The molecule has 134 valence electrons. The summed E-state index contributed by atoms with van der Waals surface area (Å²) >= 11 is 1.47. The Kier molecular flexibility index (Phi) is 5.54. The number of amides is 1. The Morgan fingerprint density at radius 1 is 1.20 bits per heavy atom. The van der Waals surface area contributed by atoms with Crippen molar-refractivity contribution < 1.29 is 4.79 Å². The average molecular weight is 358 g/mol. The van der Waals surface area contributed by atoms with Crippen LogP contribution in [0.15, 0.2) is 30.3 Å². The summed E-state index contributed by atoms with van der Waals surface area (Å²) in [5, 5.41) is 4.07. The Hall–Kier alpha value is -1.72. The first-order valence-electron chi connectivity index (χ1n) is 9.03. The van der Waals surface area contributed by atoms with Gasteiger partial charge in [0.2, 0.25) is 0 Å². The second kappa shape index (κ2) is 7.67. The van der Waals surface area contributed by atoms with E-state index in [1.807, 2.05) is 37.3 Å². The maximum Gasteiger partial charge on any atom is 0.263 e. The van der Waals surface area contributed by atoms with Crippen molar-refractivity contribution in [3.8, 4) is 11.3 Å². The number of hydrogen-bond donors (Lipinski definition) is 1. The molecule has 1 aromatic carbocycles. The predicted molar refractivity (Wildman–Crippen MR) is 104 cm³/mol. The molecule has 25 heavy (non-hydrogen) atoms. The van der Waals surface area contributed by atoms with E-state index >= 15 is 0 Å². The van der Waals surface area contributed by atoms with E-state index in [0.29, 0.717) is 11.4 Å². The number of carbonyl (C=O) groups excluding carboxylic acids is 1. The second-order valence-electron chi connectivity index (χ2n) is 7.32. The topological polar surface area (TPSA) is 45.2 Å². The van der Waals surface area contributed by atoms with E-state index in [2.05, 4.69) is 29.0 Å². The molecule has 1 aliphatic heterocycles. The number of nitrogens with one attached hydrogen (secondary N) is 1. The lowest BCUT2D eigenvalue weighted by atomic mass is 9.98. The van der Waals surface area contributed by atoms with Gasteiger partial charge in [0, 0.05) is 17.6 Å². The van der Waals surface area contributed by atoms with Crippen LogP contribution >= 0.6 is 11.3 Å². The maximum absolute atomic E-state index is 12.8. The van der Waals surface area contributed by atoms with E-state index in [4.69, 9.17) is 0 Å². The minimum absolute atomic E-state index is 0.0189. The van der Waals surface area contributed by atoms with Crippen molar-refractivity contribution in [2.75, 3.05) is 19.6 Å². The SMILES string of the molecule is Cc1nc(-c2ccccc2)c(C(=O)NCC(C)(C)N2CCCCC2)s1. The number of benzene rings is 1. The highest BCUT2D eigenvalue weighted by Crippen LogP contribution is 2.28. The molecule has 5 heteroatoms. The van der Waals surface area contributed by atoms with E-state index in [-0.39, 0.29) is 11.4 Å². The fourth-order valence-electron chi connectivity index (χ4n) is 3.36. The smallest absolute Gasteiger partial charge is 0.263 e. The maximum atomic E-state index is 12.8. The van der Waals surface area contributed by atoms with Crippen LogP contribution in [0.1, 0.15) is 47.8 Å². The Bertz CT molecular complexity index is 718. The summed E-state index contributed by atoms with van der Waals surface area (Å²) in [7, 11) is 0. The number of aryl methyl sites for hydroxylation is 1. The fourth-order valence-corrected chi connectivity index (χ4v) is 4.22. The average Bonchev–Trinajstić information content (AvgIpc) is 3.03. The van der Waals surface area contributed by atoms with Gasteiger partial charge in [0.15, 0.2) is 0 Å².